The summed E-state index contributed by atoms with van der Waals surface area (Å²) in [6.07, 6.45) is -1.22. The average molecular weight is 310 g/mol. The van der Waals surface area contributed by atoms with Crippen LogP contribution in [0.15, 0.2) is 12.1 Å². The van der Waals surface area contributed by atoms with E-state index in [4.69, 9.17) is 0 Å². The predicted octanol–water partition coefficient (Wildman–Crippen LogP) is 2.53. The summed E-state index contributed by atoms with van der Waals surface area (Å²) in [6, 6.07) is 3.22. The number of hydrogen-bond donors (Lipinski definition) is 1. The maximum absolute atomic E-state index is 12.9. The Kier molecular flexibility index (Phi) is 2.82. The minimum absolute atomic E-state index is 0.0759. The van der Waals surface area contributed by atoms with Crippen molar-refractivity contribution in [2.24, 2.45) is 18.4 Å². The molecule has 3 heterocycles. The Balaban J connectivity index is 1.57. The van der Waals surface area contributed by atoms with Gasteiger partial charge in [0.1, 0.15) is 0 Å². The normalized spacial score (nSPS) is 21.1. The highest BCUT2D eigenvalue weighted by Crippen LogP contribution is 2.49. The Bertz CT molecular complexity index is 722. The van der Waals surface area contributed by atoms with E-state index in [1.54, 1.807) is 6.07 Å². The maximum atomic E-state index is 12.9. The molecule has 0 radical (unpaired) electrons. The number of alkyl halides is 3. The van der Waals surface area contributed by atoms with E-state index in [1.807, 2.05) is 0 Å². The first-order valence-electron chi connectivity index (χ1n) is 7.47. The number of aryl methyl sites for hydroxylation is 1. The van der Waals surface area contributed by atoms with Crippen LogP contribution in [0.3, 0.4) is 0 Å². The molecule has 1 spiro atoms. The van der Waals surface area contributed by atoms with Gasteiger partial charge in [0.15, 0.2) is 11.3 Å². The lowest BCUT2D eigenvalue weighted by Crippen LogP contribution is -2.60. The average Bonchev–Trinajstić information content (AvgIpc) is 2.68. The quantitative estimate of drug-likeness (QED) is 0.927. The smallest absolute Gasteiger partial charge is 0.316 e. The van der Waals surface area contributed by atoms with E-state index in [9.17, 15) is 13.2 Å². The molecule has 4 nitrogen and oxygen atoms in total. The monoisotopic (exact) mass is 310 g/mol. The van der Waals surface area contributed by atoms with Gasteiger partial charge in [-0.15, -0.1) is 0 Å². The second-order valence-electron chi connectivity index (χ2n) is 6.73. The molecule has 0 amide bonds. The molecule has 0 bridgehead atoms. The maximum Gasteiger partial charge on any atom is 0.435 e. The van der Waals surface area contributed by atoms with Crippen LogP contribution in [0.25, 0.3) is 11.0 Å². The van der Waals surface area contributed by atoms with E-state index < -0.39 is 11.9 Å². The number of fused-ring (bicyclic) bond motifs is 1. The zero-order valence-corrected chi connectivity index (χ0v) is 12.2. The SMILES string of the molecule is Cn1nc(C(F)(F)F)c2ccc(CC3CC4(CNC4)C3)nc21. The molecule has 22 heavy (non-hydrogen) atoms. The summed E-state index contributed by atoms with van der Waals surface area (Å²) in [5.74, 6) is 0.599. The van der Waals surface area contributed by atoms with Gasteiger partial charge in [0.2, 0.25) is 0 Å². The van der Waals surface area contributed by atoms with E-state index >= 15 is 0 Å². The third-order valence-electron chi connectivity index (χ3n) is 4.95. The van der Waals surface area contributed by atoms with Crippen molar-refractivity contribution in [1.29, 1.82) is 0 Å². The van der Waals surface area contributed by atoms with Gasteiger partial charge >= 0.3 is 6.18 Å². The summed E-state index contributed by atoms with van der Waals surface area (Å²) in [7, 11) is 1.51. The van der Waals surface area contributed by atoms with Crippen LogP contribution in [0.5, 0.6) is 0 Å². The summed E-state index contributed by atoms with van der Waals surface area (Å²) >= 11 is 0. The summed E-state index contributed by atoms with van der Waals surface area (Å²) in [5.41, 5.74) is 0.817. The molecule has 2 fully saturated rings. The highest BCUT2D eigenvalue weighted by Gasteiger charge is 2.48. The van der Waals surface area contributed by atoms with Crippen LogP contribution in [0.1, 0.15) is 24.2 Å². The number of aromatic nitrogens is 3. The van der Waals surface area contributed by atoms with Crippen molar-refractivity contribution in [2.45, 2.75) is 25.4 Å². The van der Waals surface area contributed by atoms with Crippen LogP contribution in [0.4, 0.5) is 13.2 Å². The molecule has 2 aromatic heterocycles. The molecule has 1 saturated carbocycles. The molecule has 2 aromatic rings. The van der Waals surface area contributed by atoms with Gasteiger partial charge in [0.05, 0.1) is 5.39 Å². The lowest BCUT2D eigenvalue weighted by molar-refractivity contribution is -0.140. The van der Waals surface area contributed by atoms with Gasteiger partial charge in [-0.25, -0.2) is 9.67 Å². The van der Waals surface area contributed by atoms with Crippen LogP contribution in [0, 0.1) is 11.3 Å². The number of pyridine rings is 1. The van der Waals surface area contributed by atoms with Crippen molar-refractivity contribution in [3.8, 4) is 0 Å². The lowest BCUT2D eigenvalue weighted by atomic mass is 9.57. The zero-order valence-electron chi connectivity index (χ0n) is 12.2. The third-order valence-corrected chi connectivity index (χ3v) is 4.95. The van der Waals surface area contributed by atoms with Gasteiger partial charge < -0.3 is 5.32 Å². The fourth-order valence-electron chi connectivity index (χ4n) is 3.87. The van der Waals surface area contributed by atoms with Crippen LogP contribution in [-0.4, -0.2) is 27.9 Å². The number of halogens is 3. The van der Waals surface area contributed by atoms with Crippen molar-refractivity contribution in [3.63, 3.8) is 0 Å². The van der Waals surface area contributed by atoms with Crippen molar-refractivity contribution >= 4 is 11.0 Å². The summed E-state index contributed by atoms with van der Waals surface area (Å²) in [5, 5.41) is 6.96. The Morgan fingerprint density at radius 1 is 1.32 bits per heavy atom. The summed E-state index contributed by atoms with van der Waals surface area (Å²) in [6.45, 7) is 2.21. The van der Waals surface area contributed by atoms with Gasteiger partial charge in [-0.3, -0.25) is 0 Å². The number of rotatable bonds is 2. The van der Waals surface area contributed by atoms with Gasteiger partial charge in [0, 0.05) is 25.8 Å². The number of nitrogens with one attached hydrogen (secondary N) is 1. The molecule has 118 valence electrons. The largest absolute Gasteiger partial charge is 0.435 e. The van der Waals surface area contributed by atoms with E-state index in [0.717, 1.165) is 25.2 Å². The Hall–Kier alpha value is -1.63. The molecular formula is C15H17F3N4. The first-order chi connectivity index (χ1) is 10.4. The molecule has 0 aromatic carbocycles. The molecule has 7 heteroatoms. The Morgan fingerprint density at radius 3 is 2.64 bits per heavy atom. The van der Waals surface area contributed by atoms with Crippen molar-refractivity contribution in [2.75, 3.05) is 13.1 Å². The van der Waals surface area contributed by atoms with Gasteiger partial charge in [-0.1, -0.05) is 0 Å². The Labute approximate surface area is 125 Å². The highest BCUT2D eigenvalue weighted by molar-refractivity contribution is 5.79. The van der Waals surface area contributed by atoms with Crippen LogP contribution < -0.4 is 5.32 Å². The molecule has 1 N–H and O–H groups in total. The Morgan fingerprint density at radius 2 is 2.05 bits per heavy atom. The standard InChI is InChI=1S/C15H17F3N4/c1-22-13-11(12(21-22)15(16,17)18)3-2-10(20-13)4-9-5-14(6-9)7-19-8-14/h2-3,9,19H,4-8H2,1H3. The van der Waals surface area contributed by atoms with E-state index in [1.165, 1.54) is 30.6 Å². The minimum Gasteiger partial charge on any atom is -0.316 e. The van der Waals surface area contributed by atoms with Crippen molar-refractivity contribution in [1.82, 2.24) is 20.1 Å². The molecule has 2 aliphatic rings. The zero-order chi connectivity index (χ0) is 15.5. The minimum atomic E-state index is -4.44. The molecule has 1 aliphatic carbocycles. The topological polar surface area (TPSA) is 42.7 Å². The first-order valence-corrected chi connectivity index (χ1v) is 7.47. The van der Waals surface area contributed by atoms with Crippen molar-refractivity contribution < 1.29 is 13.2 Å². The van der Waals surface area contributed by atoms with Gasteiger partial charge in [-0.05, 0) is 42.7 Å². The molecule has 1 saturated heterocycles. The van der Waals surface area contributed by atoms with Crippen LogP contribution in [0.2, 0.25) is 0 Å². The fraction of sp³-hybridized carbons (Fsp3) is 0.600. The van der Waals surface area contributed by atoms with Crippen LogP contribution in [-0.2, 0) is 19.6 Å². The molecule has 0 atom stereocenters. The molecule has 4 rings (SSSR count). The van der Waals surface area contributed by atoms with Crippen LogP contribution >= 0.6 is 0 Å². The summed E-state index contributed by atoms with van der Waals surface area (Å²) < 4.78 is 40.0. The second kappa shape index (κ2) is 4.44. The van der Waals surface area contributed by atoms with E-state index in [-0.39, 0.29) is 5.39 Å². The lowest BCUT2D eigenvalue weighted by Gasteiger charge is -2.54. The van der Waals surface area contributed by atoms with Gasteiger partial charge in [-0.2, -0.15) is 18.3 Å². The summed E-state index contributed by atoms with van der Waals surface area (Å²) in [4.78, 5) is 4.41. The van der Waals surface area contributed by atoms with E-state index in [2.05, 4.69) is 15.4 Å². The van der Waals surface area contributed by atoms with Crippen molar-refractivity contribution in [3.05, 3.63) is 23.5 Å². The van der Waals surface area contributed by atoms with Gasteiger partial charge in [0.25, 0.3) is 0 Å². The molecule has 0 unspecified atom stereocenters. The fourth-order valence-corrected chi connectivity index (χ4v) is 3.87. The number of nitrogens with zero attached hydrogens (tertiary/aromatic N) is 3. The second-order valence-corrected chi connectivity index (χ2v) is 6.73. The molecule has 1 aliphatic heterocycles. The third kappa shape index (κ3) is 2.10. The molecular weight excluding hydrogens is 293 g/mol. The first kappa shape index (κ1) is 14.0. The predicted molar refractivity (Wildman–Crippen MR) is 75.2 cm³/mol. The van der Waals surface area contributed by atoms with E-state index in [0.29, 0.717) is 17.0 Å². The highest BCUT2D eigenvalue weighted by atomic mass is 19.4. The number of hydrogen-bond acceptors (Lipinski definition) is 3.